The molecular weight excluding hydrogens is 310 g/mol. The SMILES string of the molecule is O=C(CCC(=O)N1CCc2sccc2C1)NCC1=CCNCC1. The van der Waals surface area contributed by atoms with Crippen LogP contribution in [0.15, 0.2) is 23.1 Å². The lowest BCUT2D eigenvalue weighted by Gasteiger charge is -2.27. The Kier molecular flexibility index (Phi) is 5.46. The highest BCUT2D eigenvalue weighted by Gasteiger charge is 2.21. The van der Waals surface area contributed by atoms with Crippen LogP contribution in [-0.4, -0.2) is 42.9 Å². The van der Waals surface area contributed by atoms with E-state index in [2.05, 4.69) is 28.2 Å². The molecule has 1 aromatic rings. The fraction of sp³-hybridized carbons (Fsp3) is 0.529. The van der Waals surface area contributed by atoms with Crippen LogP contribution in [0.5, 0.6) is 0 Å². The summed E-state index contributed by atoms with van der Waals surface area (Å²) >= 11 is 1.77. The zero-order valence-corrected chi connectivity index (χ0v) is 14.1. The number of nitrogens with zero attached hydrogens (tertiary/aromatic N) is 1. The molecule has 0 saturated heterocycles. The van der Waals surface area contributed by atoms with E-state index in [1.165, 1.54) is 16.0 Å². The number of amides is 2. The fourth-order valence-electron chi connectivity index (χ4n) is 2.97. The van der Waals surface area contributed by atoms with Crippen molar-refractivity contribution in [3.63, 3.8) is 0 Å². The van der Waals surface area contributed by atoms with E-state index in [9.17, 15) is 9.59 Å². The van der Waals surface area contributed by atoms with Crippen LogP contribution < -0.4 is 10.6 Å². The van der Waals surface area contributed by atoms with Crippen molar-refractivity contribution in [2.45, 2.75) is 32.2 Å². The Labute approximate surface area is 140 Å². The Bertz CT molecular complexity index is 609. The van der Waals surface area contributed by atoms with E-state index >= 15 is 0 Å². The first kappa shape index (κ1) is 16.2. The van der Waals surface area contributed by atoms with E-state index in [-0.39, 0.29) is 18.2 Å². The van der Waals surface area contributed by atoms with Gasteiger partial charge in [-0.15, -0.1) is 11.3 Å². The van der Waals surface area contributed by atoms with Gasteiger partial charge in [-0.1, -0.05) is 11.6 Å². The van der Waals surface area contributed by atoms with Gasteiger partial charge in [0.25, 0.3) is 0 Å². The third kappa shape index (κ3) is 4.42. The van der Waals surface area contributed by atoms with Gasteiger partial charge in [-0.25, -0.2) is 0 Å². The Hall–Kier alpha value is -1.66. The van der Waals surface area contributed by atoms with E-state index in [1.807, 2.05) is 4.90 Å². The smallest absolute Gasteiger partial charge is 0.223 e. The molecule has 0 bridgehead atoms. The molecule has 0 fully saturated rings. The summed E-state index contributed by atoms with van der Waals surface area (Å²) in [6, 6.07) is 2.10. The van der Waals surface area contributed by atoms with Gasteiger partial charge >= 0.3 is 0 Å². The predicted octanol–water partition coefficient (Wildman–Crippen LogP) is 1.45. The quantitative estimate of drug-likeness (QED) is 0.802. The highest BCUT2D eigenvalue weighted by Crippen LogP contribution is 2.24. The number of fused-ring (bicyclic) bond motifs is 1. The molecule has 0 unspecified atom stereocenters. The number of rotatable bonds is 5. The van der Waals surface area contributed by atoms with E-state index < -0.39 is 0 Å². The van der Waals surface area contributed by atoms with E-state index in [0.717, 1.165) is 32.5 Å². The first-order valence-corrected chi connectivity index (χ1v) is 9.08. The fourth-order valence-corrected chi connectivity index (χ4v) is 3.86. The van der Waals surface area contributed by atoms with Gasteiger partial charge in [0.1, 0.15) is 0 Å². The lowest BCUT2D eigenvalue weighted by atomic mass is 10.1. The minimum absolute atomic E-state index is 0.0361. The lowest BCUT2D eigenvalue weighted by molar-refractivity contribution is -0.134. The van der Waals surface area contributed by atoms with Crippen LogP contribution in [0.3, 0.4) is 0 Å². The van der Waals surface area contributed by atoms with Gasteiger partial charge in [-0.2, -0.15) is 0 Å². The Morgan fingerprint density at radius 1 is 1.30 bits per heavy atom. The molecule has 6 heteroatoms. The second-order valence-electron chi connectivity index (χ2n) is 6.03. The molecule has 0 spiro atoms. The first-order valence-electron chi connectivity index (χ1n) is 8.21. The van der Waals surface area contributed by atoms with E-state index in [1.54, 1.807) is 11.3 Å². The van der Waals surface area contributed by atoms with Crippen LogP contribution in [0.2, 0.25) is 0 Å². The van der Waals surface area contributed by atoms with Crippen molar-refractivity contribution >= 4 is 23.2 Å². The predicted molar refractivity (Wildman–Crippen MR) is 91.3 cm³/mol. The van der Waals surface area contributed by atoms with Crippen molar-refractivity contribution in [2.75, 3.05) is 26.2 Å². The van der Waals surface area contributed by atoms with Gasteiger partial charge < -0.3 is 15.5 Å². The number of thiophene rings is 1. The summed E-state index contributed by atoms with van der Waals surface area (Å²) in [5.41, 5.74) is 2.53. The molecular formula is C17H23N3O2S. The molecule has 3 rings (SSSR count). The lowest BCUT2D eigenvalue weighted by Crippen LogP contribution is -2.36. The van der Waals surface area contributed by atoms with Gasteiger partial charge in [0.15, 0.2) is 0 Å². The number of hydrogen-bond acceptors (Lipinski definition) is 4. The summed E-state index contributed by atoms with van der Waals surface area (Å²) in [5.74, 6) is 0.0455. The molecule has 0 atom stereocenters. The topological polar surface area (TPSA) is 61.4 Å². The maximum absolute atomic E-state index is 12.3. The van der Waals surface area contributed by atoms with Crippen LogP contribution in [0.4, 0.5) is 0 Å². The Morgan fingerprint density at radius 3 is 3.04 bits per heavy atom. The van der Waals surface area contributed by atoms with Gasteiger partial charge in [0.05, 0.1) is 0 Å². The highest BCUT2D eigenvalue weighted by molar-refractivity contribution is 7.10. The maximum atomic E-state index is 12.3. The first-order chi connectivity index (χ1) is 11.2. The molecule has 0 saturated carbocycles. The van der Waals surface area contributed by atoms with Crippen molar-refractivity contribution in [2.24, 2.45) is 0 Å². The normalized spacial score (nSPS) is 17.4. The largest absolute Gasteiger partial charge is 0.352 e. The van der Waals surface area contributed by atoms with Gasteiger partial charge in [0.2, 0.25) is 11.8 Å². The molecule has 0 aliphatic carbocycles. The summed E-state index contributed by atoms with van der Waals surface area (Å²) in [6.07, 6.45) is 4.62. The van der Waals surface area contributed by atoms with Crippen molar-refractivity contribution < 1.29 is 9.59 Å². The average Bonchev–Trinajstić information content (AvgIpc) is 3.06. The zero-order valence-electron chi connectivity index (χ0n) is 13.3. The number of carbonyl (C=O) groups excluding carboxylic acids is 2. The maximum Gasteiger partial charge on any atom is 0.223 e. The van der Waals surface area contributed by atoms with Crippen molar-refractivity contribution in [3.05, 3.63) is 33.5 Å². The third-order valence-electron chi connectivity index (χ3n) is 4.40. The van der Waals surface area contributed by atoms with Crippen LogP contribution in [0.1, 0.15) is 29.7 Å². The molecule has 2 N–H and O–H groups in total. The summed E-state index contributed by atoms with van der Waals surface area (Å²) in [7, 11) is 0. The summed E-state index contributed by atoms with van der Waals surface area (Å²) in [4.78, 5) is 27.4. The summed E-state index contributed by atoms with van der Waals surface area (Å²) in [6.45, 7) is 3.92. The van der Waals surface area contributed by atoms with Gasteiger partial charge in [-0.3, -0.25) is 9.59 Å². The summed E-state index contributed by atoms with van der Waals surface area (Å²) < 4.78 is 0. The molecule has 0 aromatic carbocycles. The molecule has 2 aliphatic heterocycles. The van der Waals surface area contributed by atoms with Crippen LogP contribution in [0, 0.1) is 0 Å². The molecule has 1 aromatic heterocycles. The number of hydrogen-bond donors (Lipinski definition) is 2. The molecule has 2 amide bonds. The minimum atomic E-state index is -0.0361. The monoisotopic (exact) mass is 333 g/mol. The van der Waals surface area contributed by atoms with Crippen molar-refractivity contribution in [1.82, 2.24) is 15.5 Å². The zero-order chi connectivity index (χ0) is 16.1. The molecule has 124 valence electrons. The molecule has 2 aliphatic rings. The second-order valence-corrected chi connectivity index (χ2v) is 7.03. The van der Waals surface area contributed by atoms with Crippen LogP contribution in [-0.2, 0) is 22.6 Å². The highest BCUT2D eigenvalue weighted by atomic mass is 32.1. The Balaban J connectivity index is 1.39. The number of nitrogens with one attached hydrogen (secondary N) is 2. The third-order valence-corrected chi connectivity index (χ3v) is 5.42. The van der Waals surface area contributed by atoms with Crippen LogP contribution >= 0.6 is 11.3 Å². The van der Waals surface area contributed by atoms with E-state index in [4.69, 9.17) is 0 Å². The van der Waals surface area contributed by atoms with Crippen molar-refractivity contribution in [3.8, 4) is 0 Å². The standard InChI is InChI=1S/C17H23N3O2S/c21-16(19-11-13-3-7-18-8-4-13)1-2-17(22)20-9-5-15-14(12-20)6-10-23-15/h3,6,10,18H,1-2,4-5,7-9,11-12H2,(H,19,21). The molecule has 5 nitrogen and oxygen atoms in total. The van der Waals surface area contributed by atoms with Crippen molar-refractivity contribution in [1.29, 1.82) is 0 Å². The van der Waals surface area contributed by atoms with Gasteiger partial charge in [-0.05, 0) is 36.4 Å². The average molecular weight is 333 g/mol. The van der Waals surface area contributed by atoms with Gasteiger partial charge in [0, 0.05) is 43.9 Å². The molecule has 0 radical (unpaired) electrons. The number of carbonyl (C=O) groups is 2. The molecule has 3 heterocycles. The van der Waals surface area contributed by atoms with E-state index in [0.29, 0.717) is 19.5 Å². The Morgan fingerprint density at radius 2 is 2.22 bits per heavy atom. The second kappa shape index (κ2) is 7.75. The minimum Gasteiger partial charge on any atom is -0.352 e. The summed E-state index contributed by atoms with van der Waals surface area (Å²) in [5, 5.41) is 8.25. The molecule has 23 heavy (non-hydrogen) atoms. The van der Waals surface area contributed by atoms with Crippen LogP contribution in [0.25, 0.3) is 0 Å².